The number of ether oxygens (including phenoxy) is 1. The molecule has 0 fully saturated rings. The molecule has 0 spiro atoms. The average molecular weight is 272 g/mol. The Kier molecular flexibility index (Phi) is 4.49. The third-order valence-electron chi connectivity index (χ3n) is 1.67. The van der Waals surface area contributed by atoms with Crippen LogP contribution in [-0.4, -0.2) is 22.6 Å². The van der Waals surface area contributed by atoms with Crippen LogP contribution < -0.4 is 10.9 Å². The van der Waals surface area contributed by atoms with Gasteiger partial charge in [0, 0.05) is 6.20 Å². The van der Waals surface area contributed by atoms with E-state index in [2.05, 4.69) is 15.8 Å². The molecule has 0 saturated carbocycles. The van der Waals surface area contributed by atoms with Gasteiger partial charge in [-0.15, -0.1) is 0 Å². The van der Waals surface area contributed by atoms with Crippen LogP contribution in [0.4, 0.5) is 4.79 Å². The summed E-state index contributed by atoms with van der Waals surface area (Å²) in [5.74, 6) is -0.509. The molecule has 2 N–H and O–H groups in total. The first kappa shape index (κ1) is 14.2. The first-order valence-corrected chi connectivity index (χ1v) is 5.56. The summed E-state index contributed by atoms with van der Waals surface area (Å²) in [6, 6.07) is 2.96. The molecule has 0 radical (unpaired) electrons. The fourth-order valence-corrected chi connectivity index (χ4v) is 1.11. The van der Waals surface area contributed by atoms with Gasteiger partial charge in [-0.25, -0.2) is 15.2 Å². The number of aromatic nitrogens is 1. The molecule has 2 amide bonds. The maximum atomic E-state index is 11.6. The summed E-state index contributed by atoms with van der Waals surface area (Å²) in [6.45, 7) is 5.16. The molecule has 1 aromatic heterocycles. The van der Waals surface area contributed by atoms with Crippen molar-refractivity contribution in [3.63, 3.8) is 0 Å². The Labute approximate surface area is 110 Å². The fourth-order valence-electron chi connectivity index (χ4n) is 0.994. The molecule has 1 aromatic rings. The minimum absolute atomic E-state index is 0.274. The number of pyridine rings is 1. The van der Waals surface area contributed by atoms with E-state index < -0.39 is 17.6 Å². The highest BCUT2D eigenvalue weighted by atomic mass is 35.5. The van der Waals surface area contributed by atoms with Gasteiger partial charge >= 0.3 is 6.09 Å². The first-order valence-electron chi connectivity index (χ1n) is 5.19. The summed E-state index contributed by atoms with van der Waals surface area (Å²) in [5, 5.41) is 0.284. The van der Waals surface area contributed by atoms with E-state index in [9.17, 15) is 9.59 Å². The van der Waals surface area contributed by atoms with Crippen LogP contribution in [0, 0.1) is 0 Å². The van der Waals surface area contributed by atoms with Crippen molar-refractivity contribution in [3.05, 3.63) is 29.0 Å². The summed E-state index contributed by atoms with van der Waals surface area (Å²) in [6.07, 6.45) is 0.562. The molecular formula is C11H14ClN3O3. The molecule has 0 aliphatic carbocycles. The van der Waals surface area contributed by atoms with Crippen LogP contribution in [0.25, 0.3) is 0 Å². The number of hydrogen-bond acceptors (Lipinski definition) is 4. The van der Waals surface area contributed by atoms with Gasteiger partial charge in [0.15, 0.2) is 0 Å². The van der Waals surface area contributed by atoms with Gasteiger partial charge in [-0.1, -0.05) is 11.6 Å². The molecule has 0 aliphatic rings. The Morgan fingerprint density at radius 3 is 2.44 bits per heavy atom. The van der Waals surface area contributed by atoms with Gasteiger partial charge in [0.1, 0.15) is 10.8 Å². The highest BCUT2D eigenvalue weighted by Gasteiger charge is 2.16. The molecule has 98 valence electrons. The number of carbonyl (C=O) groups excluding carboxylic acids is 2. The van der Waals surface area contributed by atoms with E-state index in [4.69, 9.17) is 16.3 Å². The minimum atomic E-state index is -0.738. The van der Waals surface area contributed by atoms with Crippen LogP contribution in [-0.2, 0) is 4.74 Å². The number of hydrogen-bond donors (Lipinski definition) is 2. The SMILES string of the molecule is CC(C)(C)OC(=O)NNC(=O)c1ccc(Cl)nc1. The van der Waals surface area contributed by atoms with Crippen LogP contribution in [0.2, 0.25) is 5.15 Å². The smallest absolute Gasteiger partial charge is 0.426 e. The lowest BCUT2D eigenvalue weighted by Crippen LogP contribution is -2.44. The van der Waals surface area contributed by atoms with E-state index in [1.54, 1.807) is 20.8 Å². The number of nitrogens with one attached hydrogen (secondary N) is 2. The van der Waals surface area contributed by atoms with E-state index in [-0.39, 0.29) is 10.7 Å². The predicted octanol–water partition coefficient (Wildman–Crippen LogP) is 1.90. The second-order valence-corrected chi connectivity index (χ2v) is 4.84. The van der Waals surface area contributed by atoms with E-state index in [0.717, 1.165) is 0 Å². The molecule has 7 heteroatoms. The Bertz CT molecular complexity index is 440. The van der Waals surface area contributed by atoms with Crippen molar-refractivity contribution in [1.82, 2.24) is 15.8 Å². The van der Waals surface area contributed by atoms with Crippen LogP contribution in [0.5, 0.6) is 0 Å². The zero-order chi connectivity index (χ0) is 13.8. The van der Waals surface area contributed by atoms with E-state index in [1.165, 1.54) is 18.3 Å². The number of halogens is 1. The number of hydrazine groups is 1. The molecule has 1 heterocycles. The van der Waals surface area contributed by atoms with E-state index >= 15 is 0 Å². The average Bonchev–Trinajstić information content (AvgIpc) is 2.24. The quantitative estimate of drug-likeness (QED) is 0.604. The monoisotopic (exact) mass is 271 g/mol. The number of carbonyl (C=O) groups is 2. The second kappa shape index (κ2) is 5.68. The van der Waals surface area contributed by atoms with Crippen molar-refractivity contribution in [3.8, 4) is 0 Å². The van der Waals surface area contributed by atoms with Crippen LogP contribution in [0.1, 0.15) is 31.1 Å². The van der Waals surface area contributed by atoms with Crippen LogP contribution in [0.3, 0.4) is 0 Å². The zero-order valence-corrected chi connectivity index (χ0v) is 11.0. The third-order valence-corrected chi connectivity index (χ3v) is 1.89. The Morgan fingerprint density at radius 2 is 1.94 bits per heavy atom. The Hall–Kier alpha value is -1.82. The third kappa shape index (κ3) is 5.01. The maximum absolute atomic E-state index is 11.6. The molecule has 0 saturated heterocycles. The van der Waals surface area contributed by atoms with Crippen molar-refractivity contribution >= 4 is 23.6 Å². The molecule has 0 aliphatic heterocycles. The summed E-state index contributed by atoms with van der Waals surface area (Å²) in [5.41, 5.74) is 3.97. The highest BCUT2D eigenvalue weighted by Crippen LogP contribution is 2.06. The first-order chi connectivity index (χ1) is 8.28. The molecule has 0 aromatic carbocycles. The van der Waals surface area contributed by atoms with E-state index in [0.29, 0.717) is 0 Å². The predicted molar refractivity (Wildman–Crippen MR) is 66.1 cm³/mol. The summed E-state index contributed by atoms with van der Waals surface area (Å²) >= 11 is 5.58. The largest absolute Gasteiger partial charge is 0.443 e. The lowest BCUT2D eigenvalue weighted by molar-refractivity contribution is 0.0483. The molecule has 6 nitrogen and oxygen atoms in total. The van der Waals surface area contributed by atoms with Crippen molar-refractivity contribution in [2.24, 2.45) is 0 Å². The summed E-state index contributed by atoms with van der Waals surface area (Å²) in [4.78, 5) is 26.6. The number of nitrogens with zero attached hydrogens (tertiary/aromatic N) is 1. The lowest BCUT2D eigenvalue weighted by Gasteiger charge is -2.19. The summed E-state index contributed by atoms with van der Waals surface area (Å²) in [7, 11) is 0. The van der Waals surface area contributed by atoms with Crippen molar-refractivity contribution in [2.45, 2.75) is 26.4 Å². The highest BCUT2D eigenvalue weighted by molar-refractivity contribution is 6.29. The van der Waals surface area contributed by atoms with E-state index in [1.807, 2.05) is 0 Å². The standard InChI is InChI=1S/C11H14ClN3O3/c1-11(2,3)18-10(17)15-14-9(16)7-4-5-8(12)13-6-7/h4-6H,1-3H3,(H,14,16)(H,15,17). The minimum Gasteiger partial charge on any atom is -0.443 e. The molecule has 18 heavy (non-hydrogen) atoms. The second-order valence-electron chi connectivity index (χ2n) is 4.45. The molecule has 0 unspecified atom stereocenters. The topological polar surface area (TPSA) is 80.3 Å². The van der Waals surface area contributed by atoms with Crippen molar-refractivity contribution in [1.29, 1.82) is 0 Å². The number of amides is 2. The van der Waals surface area contributed by atoms with Crippen molar-refractivity contribution < 1.29 is 14.3 Å². The van der Waals surface area contributed by atoms with Gasteiger partial charge in [0.05, 0.1) is 5.56 Å². The van der Waals surface area contributed by atoms with Gasteiger partial charge in [-0.2, -0.15) is 0 Å². The Morgan fingerprint density at radius 1 is 1.28 bits per heavy atom. The Balaban J connectivity index is 2.47. The van der Waals surface area contributed by atoms with Crippen LogP contribution >= 0.6 is 11.6 Å². The van der Waals surface area contributed by atoms with Crippen molar-refractivity contribution in [2.75, 3.05) is 0 Å². The van der Waals surface area contributed by atoms with Crippen LogP contribution in [0.15, 0.2) is 18.3 Å². The summed E-state index contributed by atoms with van der Waals surface area (Å²) < 4.78 is 4.94. The lowest BCUT2D eigenvalue weighted by atomic mass is 10.2. The molecule has 0 atom stereocenters. The normalized spacial score (nSPS) is 10.7. The maximum Gasteiger partial charge on any atom is 0.426 e. The van der Waals surface area contributed by atoms with Gasteiger partial charge in [0.2, 0.25) is 0 Å². The zero-order valence-electron chi connectivity index (χ0n) is 10.3. The van der Waals surface area contributed by atoms with Gasteiger partial charge in [-0.3, -0.25) is 10.2 Å². The van der Waals surface area contributed by atoms with Gasteiger partial charge in [-0.05, 0) is 32.9 Å². The molecule has 1 rings (SSSR count). The number of rotatable bonds is 1. The van der Waals surface area contributed by atoms with Gasteiger partial charge < -0.3 is 4.74 Å². The molecule has 0 bridgehead atoms. The fraction of sp³-hybridized carbons (Fsp3) is 0.364. The van der Waals surface area contributed by atoms with Gasteiger partial charge in [0.25, 0.3) is 5.91 Å². The molecular weight excluding hydrogens is 258 g/mol.